The molecule has 0 spiro atoms. The highest BCUT2D eigenvalue weighted by atomic mass is 32.1. The van der Waals surface area contributed by atoms with Crippen LogP contribution in [0.1, 0.15) is 0 Å². The average molecular weight is 653 g/mol. The van der Waals surface area contributed by atoms with Crippen LogP contribution in [0.5, 0.6) is 0 Å². The first-order chi connectivity index (χ1) is 24.8. The summed E-state index contributed by atoms with van der Waals surface area (Å²) in [5.41, 5.74) is 8.08. The highest BCUT2D eigenvalue weighted by molar-refractivity contribution is 7.26. The predicted octanol–water partition coefficient (Wildman–Crippen LogP) is 14.4. The van der Waals surface area contributed by atoms with Gasteiger partial charge in [-0.25, -0.2) is 0 Å². The predicted molar refractivity (Wildman–Crippen MR) is 215 cm³/mol. The molecule has 0 fully saturated rings. The lowest BCUT2D eigenvalue weighted by molar-refractivity contribution is 0.618. The van der Waals surface area contributed by atoms with Crippen molar-refractivity contribution in [3.63, 3.8) is 0 Å². The van der Waals surface area contributed by atoms with Gasteiger partial charge in [0.15, 0.2) is 0 Å². The van der Waals surface area contributed by atoms with Crippen LogP contribution in [0.25, 0.3) is 108 Å². The molecule has 1 nitrogen and oxygen atoms in total. The molecule has 0 bridgehead atoms. The van der Waals surface area contributed by atoms with Crippen molar-refractivity contribution in [2.45, 2.75) is 0 Å². The van der Waals surface area contributed by atoms with E-state index in [1.54, 1.807) is 0 Å². The van der Waals surface area contributed by atoms with Gasteiger partial charge in [-0.05, 0) is 78.0 Å². The van der Waals surface area contributed by atoms with Gasteiger partial charge in [-0.2, -0.15) is 0 Å². The van der Waals surface area contributed by atoms with E-state index < -0.39 is 0 Å². The van der Waals surface area contributed by atoms with Crippen LogP contribution in [-0.4, -0.2) is 0 Å². The van der Waals surface area contributed by atoms with Gasteiger partial charge in [0, 0.05) is 42.2 Å². The van der Waals surface area contributed by atoms with Crippen molar-refractivity contribution in [1.82, 2.24) is 0 Å². The van der Waals surface area contributed by atoms with Crippen LogP contribution in [0, 0.1) is 0 Å². The van der Waals surface area contributed by atoms with Crippen molar-refractivity contribution in [1.29, 1.82) is 0 Å². The molecule has 9 aromatic carbocycles. The average Bonchev–Trinajstić information content (AvgIpc) is 3.78. The van der Waals surface area contributed by atoms with E-state index in [0.29, 0.717) is 0 Å². The van der Waals surface area contributed by atoms with Crippen LogP contribution >= 0.6 is 11.3 Å². The van der Waals surface area contributed by atoms with E-state index in [0.717, 1.165) is 16.7 Å². The zero-order valence-electron chi connectivity index (χ0n) is 27.0. The maximum atomic E-state index is 6.83. The molecule has 0 aliphatic heterocycles. The molecule has 0 aliphatic carbocycles. The van der Waals surface area contributed by atoms with Gasteiger partial charge in [0.1, 0.15) is 5.58 Å². The van der Waals surface area contributed by atoms with Gasteiger partial charge < -0.3 is 4.42 Å². The number of thiophene rings is 1. The third-order valence-corrected chi connectivity index (χ3v) is 11.6. The van der Waals surface area contributed by atoms with Crippen molar-refractivity contribution in [2.24, 2.45) is 0 Å². The second-order valence-electron chi connectivity index (χ2n) is 13.2. The Bertz CT molecular complexity index is 3100. The zero-order chi connectivity index (χ0) is 32.8. The molecule has 2 heterocycles. The SMILES string of the molecule is c1ccc2cc(-c3c4ccccc4c(-c4cc5sc6ccccc6c5c5c(-c6cccc7ccccc67)coc45)c4ccccc34)ccc2c1. The third kappa shape index (κ3) is 3.94. The van der Waals surface area contributed by atoms with Gasteiger partial charge in [-0.15, -0.1) is 11.3 Å². The van der Waals surface area contributed by atoms with Crippen molar-refractivity contribution in [2.75, 3.05) is 0 Å². The molecule has 0 saturated heterocycles. The molecule has 0 radical (unpaired) electrons. The minimum absolute atomic E-state index is 0.928. The van der Waals surface area contributed by atoms with Gasteiger partial charge >= 0.3 is 0 Å². The lowest BCUT2D eigenvalue weighted by Crippen LogP contribution is -1.91. The Hall–Kier alpha value is -6.22. The number of hydrogen-bond acceptors (Lipinski definition) is 2. The fraction of sp³-hybridized carbons (Fsp3) is 0. The van der Waals surface area contributed by atoms with Crippen LogP contribution in [0.15, 0.2) is 174 Å². The summed E-state index contributed by atoms with van der Waals surface area (Å²) in [6, 6.07) is 59.8. The summed E-state index contributed by atoms with van der Waals surface area (Å²) in [7, 11) is 0. The first-order valence-corrected chi connectivity index (χ1v) is 17.9. The normalized spacial score (nSPS) is 12.0. The summed E-state index contributed by atoms with van der Waals surface area (Å²) in [6.45, 7) is 0. The quantitative estimate of drug-likeness (QED) is 0.173. The Morgan fingerprint density at radius 3 is 1.72 bits per heavy atom. The third-order valence-electron chi connectivity index (χ3n) is 10.5. The highest BCUT2D eigenvalue weighted by Crippen LogP contribution is 2.51. The molecule has 0 saturated carbocycles. The molecular weight excluding hydrogens is 625 g/mol. The first-order valence-electron chi connectivity index (χ1n) is 17.1. The highest BCUT2D eigenvalue weighted by Gasteiger charge is 2.24. The van der Waals surface area contributed by atoms with Crippen molar-refractivity contribution in [3.8, 4) is 33.4 Å². The molecule has 50 heavy (non-hydrogen) atoms. The molecule has 11 rings (SSSR count). The van der Waals surface area contributed by atoms with Crippen LogP contribution in [0.2, 0.25) is 0 Å². The molecule has 11 aromatic rings. The zero-order valence-corrected chi connectivity index (χ0v) is 27.8. The van der Waals surface area contributed by atoms with E-state index in [1.807, 2.05) is 17.6 Å². The van der Waals surface area contributed by atoms with Gasteiger partial charge in [-0.3, -0.25) is 0 Å². The van der Waals surface area contributed by atoms with Gasteiger partial charge in [0.2, 0.25) is 0 Å². The Kier molecular flexibility index (Phi) is 5.89. The second kappa shape index (κ2) is 10.6. The molecule has 0 unspecified atom stereocenters. The molecule has 0 amide bonds. The fourth-order valence-electron chi connectivity index (χ4n) is 8.34. The van der Waals surface area contributed by atoms with E-state index in [1.165, 1.54) is 90.9 Å². The molecule has 0 N–H and O–H groups in total. The topological polar surface area (TPSA) is 13.1 Å². The van der Waals surface area contributed by atoms with Crippen LogP contribution in [-0.2, 0) is 0 Å². The summed E-state index contributed by atoms with van der Waals surface area (Å²) < 4.78 is 9.38. The summed E-state index contributed by atoms with van der Waals surface area (Å²) in [5.74, 6) is 0. The Morgan fingerprint density at radius 2 is 0.960 bits per heavy atom. The van der Waals surface area contributed by atoms with E-state index in [-0.39, 0.29) is 0 Å². The summed E-state index contributed by atoms with van der Waals surface area (Å²) >= 11 is 1.87. The number of hydrogen-bond donors (Lipinski definition) is 0. The Morgan fingerprint density at radius 1 is 0.360 bits per heavy atom. The van der Waals surface area contributed by atoms with E-state index in [9.17, 15) is 0 Å². The molecule has 232 valence electrons. The van der Waals surface area contributed by atoms with Gasteiger partial charge in [-0.1, -0.05) is 146 Å². The second-order valence-corrected chi connectivity index (χ2v) is 14.3. The Balaban J connectivity index is 1.30. The van der Waals surface area contributed by atoms with Crippen LogP contribution in [0.4, 0.5) is 0 Å². The lowest BCUT2D eigenvalue weighted by atomic mass is 9.84. The maximum Gasteiger partial charge on any atom is 0.143 e. The fourth-order valence-corrected chi connectivity index (χ4v) is 9.50. The minimum atomic E-state index is 0.928. The first kappa shape index (κ1) is 27.7. The molecule has 0 atom stereocenters. The van der Waals surface area contributed by atoms with Crippen LogP contribution in [0.3, 0.4) is 0 Å². The number of benzene rings is 9. The van der Waals surface area contributed by atoms with E-state index >= 15 is 0 Å². The number of fused-ring (bicyclic) bond motifs is 9. The molecule has 2 heteroatoms. The largest absolute Gasteiger partial charge is 0.463 e. The van der Waals surface area contributed by atoms with Crippen molar-refractivity contribution in [3.05, 3.63) is 170 Å². The van der Waals surface area contributed by atoms with Gasteiger partial charge in [0.25, 0.3) is 0 Å². The van der Waals surface area contributed by atoms with Crippen molar-refractivity contribution >= 4 is 85.6 Å². The summed E-state index contributed by atoms with van der Waals surface area (Å²) in [5, 5.41) is 13.6. The molecular formula is C48H28OS. The van der Waals surface area contributed by atoms with E-state index in [2.05, 4.69) is 164 Å². The number of furan rings is 1. The van der Waals surface area contributed by atoms with Crippen molar-refractivity contribution < 1.29 is 4.42 Å². The monoisotopic (exact) mass is 652 g/mol. The Labute approximate surface area is 292 Å². The maximum absolute atomic E-state index is 6.83. The standard InChI is InChI=1S/C48H28OS/c1-2-14-31-26-32(25-24-29(31)12-1)44-35-17-5-7-19-37(35)45(38-20-8-6-18-36(38)44)40-27-43-46(39-21-9-10-23-42(39)50-43)47-41(28-49-48(40)47)34-22-11-15-30-13-3-4-16-33(30)34/h1-28H. The summed E-state index contributed by atoms with van der Waals surface area (Å²) in [4.78, 5) is 0. The van der Waals surface area contributed by atoms with Gasteiger partial charge in [0.05, 0.1) is 6.26 Å². The molecule has 0 aliphatic rings. The van der Waals surface area contributed by atoms with Crippen LogP contribution < -0.4 is 0 Å². The summed E-state index contributed by atoms with van der Waals surface area (Å²) in [6.07, 6.45) is 2.00. The number of rotatable bonds is 3. The minimum Gasteiger partial charge on any atom is -0.463 e. The van der Waals surface area contributed by atoms with E-state index in [4.69, 9.17) is 4.42 Å². The smallest absolute Gasteiger partial charge is 0.143 e. The molecule has 2 aromatic heterocycles. The lowest BCUT2D eigenvalue weighted by Gasteiger charge is -2.18.